The number of alkyl halides is 3. The zero-order valence-corrected chi connectivity index (χ0v) is 14.8. The fraction of sp³-hybridized carbons (Fsp3) is 0.188. The molecule has 0 saturated heterocycles. The van der Waals surface area contributed by atoms with Crippen molar-refractivity contribution in [3.05, 3.63) is 51.3 Å². The zero-order valence-electron chi connectivity index (χ0n) is 13.3. The number of ketones is 1. The summed E-state index contributed by atoms with van der Waals surface area (Å²) < 4.78 is 38.9. The number of Topliss-reactive ketones (excluding diaryl/α,β-unsaturated/α-hetero) is 1. The molecule has 0 radical (unpaired) electrons. The first-order valence-corrected chi connectivity index (χ1v) is 7.89. The minimum absolute atomic E-state index is 0.0111. The molecule has 1 aliphatic rings. The maximum absolute atomic E-state index is 12.9. The van der Waals surface area contributed by atoms with E-state index in [-0.39, 0.29) is 27.0 Å². The van der Waals surface area contributed by atoms with Gasteiger partial charge in [0, 0.05) is 18.0 Å². The number of benzene rings is 1. The number of hydrogen-bond acceptors (Lipinski definition) is 6. The third-order valence-electron chi connectivity index (χ3n) is 3.49. The van der Waals surface area contributed by atoms with Crippen LogP contribution in [0.2, 0.25) is 0 Å². The molecule has 1 heterocycles. The molecule has 10 heteroatoms. The van der Waals surface area contributed by atoms with Gasteiger partial charge in [-0.25, -0.2) is 0 Å². The lowest BCUT2D eigenvalue weighted by Crippen LogP contribution is -2.42. The summed E-state index contributed by atoms with van der Waals surface area (Å²) in [6, 6.07) is 4.13. The van der Waals surface area contributed by atoms with E-state index in [9.17, 15) is 23.1 Å². The highest BCUT2D eigenvalue weighted by Crippen LogP contribution is 2.32. The van der Waals surface area contributed by atoms with Crippen molar-refractivity contribution in [3.63, 3.8) is 0 Å². The minimum Gasteiger partial charge on any atom is -0.505 e. The van der Waals surface area contributed by atoms with E-state index in [2.05, 4.69) is 20.9 Å². The molecular formula is C16H12BrF3N4O2. The van der Waals surface area contributed by atoms with E-state index in [1.807, 2.05) is 0 Å². The molecule has 1 aromatic rings. The summed E-state index contributed by atoms with van der Waals surface area (Å²) in [7, 11) is 0. The largest absolute Gasteiger partial charge is 0.505 e. The van der Waals surface area contributed by atoms with E-state index in [4.69, 9.17) is 11.0 Å². The first kappa shape index (κ1) is 19.7. The van der Waals surface area contributed by atoms with Crippen molar-refractivity contribution in [2.75, 3.05) is 0 Å². The van der Waals surface area contributed by atoms with Gasteiger partial charge in [-0.15, -0.1) is 0 Å². The van der Waals surface area contributed by atoms with Gasteiger partial charge in [0.1, 0.15) is 11.8 Å². The molecule has 2 rings (SSSR count). The minimum atomic E-state index is -4.65. The van der Waals surface area contributed by atoms with Crippen LogP contribution in [0.15, 0.2) is 45.1 Å². The van der Waals surface area contributed by atoms with Gasteiger partial charge in [0.15, 0.2) is 6.29 Å². The number of allylic oxidation sites excluding steroid dienone is 3. The molecule has 0 bridgehead atoms. The second-order valence-corrected chi connectivity index (χ2v) is 6.00. The second-order valence-electron chi connectivity index (χ2n) is 5.15. The summed E-state index contributed by atoms with van der Waals surface area (Å²) in [5.41, 5.74) is 4.32. The molecule has 1 aliphatic heterocycles. The molecule has 1 atom stereocenters. The lowest BCUT2D eigenvalue weighted by Gasteiger charge is -2.30. The maximum atomic E-state index is 12.9. The van der Waals surface area contributed by atoms with Gasteiger partial charge < -0.3 is 10.0 Å². The van der Waals surface area contributed by atoms with Crippen LogP contribution in [0.25, 0.3) is 0 Å². The van der Waals surface area contributed by atoms with Gasteiger partial charge >= 0.3 is 6.18 Å². The second kappa shape index (κ2) is 7.31. The Morgan fingerprint density at radius 2 is 2.15 bits per heavy atom. The van der Waals surface area contributed by atoms with Crippen molar-refractivity contribution < 1.29 is 23.1 Å². The molecule has 1 aromatic carbocycles. The van der Waals surface area contributed by atoms with E-state index in [1.165, 1.54) is 19.1 Å². The number of carbonyl (C=O) groups is 1. The highest BCUT2D eigenvalue weighted by Gasteiger charge is 2.36. The lowest BCUT2D eigenvalue weighted by molar-refractivity contribution is -0.0870. The highest BCUT2D eigenvalue weighted by atomic mass is 79.9. The van der Waals surface area contributed by atoms with E-state index in [1.54, 1.807) is 6.07 Å². The number of halogens is 4. The Morgan fingerprint density at radius 3 is 2.69 bits per heavy atom. The van der Waals surface area contributed by atoms with Crippen molar-refractivity contribution in [3.8, 4) is 11.8 Å². The summed E-state index contributed by atoms with van der Waals surface area (Å²) in [6.45, 7) is 1.46. The number of aliphatic imine (C=N–C) groups is 1. The van der Waals surface area contributed by atoms with Gasteiger partial charge in [0.05, 0.1) is 21.3 Å². The molecule has 0 aromatic heterocycles. The van der Waals surface area contributed by atoms with Crippen LogP contribution in [-0.4, -0.2) is 34.5 Å². The van der Waals surface area contributed by atoms with Crippen LogP contribution in [0.5, 0.6) is 5.75 Å². The number of phenols is 1. The van der Waals surface area contributed by atoms with Crippen LogP contribution in [0.4, 0.5) is 13.2 Å². The van der Waals surface area contributed by atoms with Crippen LogP contribution in [-0.2, 0) is 0 Å². The SMILES string of the molecule is C/C=C(/C(=O)c1cc(Br)c(O)c(C#N)c1)N1C=C(C(F)(F)F)C=NC1N. The van der Waals surface area contributed by atoms with Gasteiger partial charge in [-0.2, -0.15) is 18.4 Å². The van der Waals surface area contributed by atoms with Gasteiger partial charge in [-0.3, -0.25) is 15.5 Å². The summed E-state index contributed by atoms with van der Waals surface area (Å²) in [5.74, 6) is -1.03. The number of rotatable bonds is 3. The molecule has 0 saturated carbocycles. The summed E-state index contributed by atoms with van der Waals surface area (Å²) in [4.78, 5) is 17.2. The van der Waals surface area contributed by atoms with Crippen LogP contribution < -0.4 is 5.73 Å². The van der Waals surface area contributed by atoms with Crippen molar-refractivity contribution in [1.29, 1.82) is 5.26 Å². The van der Waals surface area contributed by atoms with Gasteiger partial charge in [-0.1, -0.05) is 6.08 Å². The molecule has 0 spiro atoms. The average Bonchev–Trinajstić information content (AvgIpc) is 2.58. The summed E-state index contributed by atoms with van der Waals surface area (Å²) >= 11 is 3.03. The standard InChI is InChI=1S/C16H12BrF3N4O2/c1-2-12(24-7-10(16(18,19)20)6-23-15(24)22)14(26)8-3-9(5-21)13(25)11(17)4-8/h2-4,6-7,15,25H,22H2,1H3/b12-2-. The monoisotopic (exact) mass is 428 g/mol. The number of nitriles is 1. The predicted molar refractivity (Wildman–Crippen MR) is 91.1 cm³/mol. The maximum Gasteiger partial charge on any atom is 0.419 e. The summed E-state index contributed by atoms with van der Waals surface area (Å²) in [5, 5.41) is 18.8. The number of nitrogens with zero attached hydrogens (tertiary/aromatic N) is 3. The molecule has 3 N–H and O–H groups in total. The Bertz CT molecular complexity index is 885. The molecule has 26 heavy (non-hydrogen) atoms. The van der Waals surface area contributed by atoms with Crippen LogP contribution in [0, 0.1) is 11.3 Å². The van der Waals surface area contributed by atoms with Crippen molar-refractivity contribution in [1.82, 2.24) is 4.90 Å². The van der Waals surface area contributed by atoms with Crippen LogP contribution in [0.1, 0.15) is 22.8 Å². The summed E-state index contributed by atoms with van der Waals surface area (Å²) in [6.07, 6.45) is -3.28. The Balaban J connectivity index is 2.48. The van der Waals surface area contributed by atoms with Crippen molar-refractivity contribution in [2.24, 2.45) is 10.7 Å². The number of aromatic hydroxyl groups is 1. The van der Waals surface area contributed by atoms with Gasteiger partial charge in [0.2, 0.25) is 5.78 Å². The third kappa shape index (κ3) is 3.79. The average molecular weight is 429 g/mol. The fourth-order valence-corrected chi connectivity index (χ4v) is 2.67. The normalized spacial score (nSPS) is 17.7. The quantitative estimate of drug-likeness (QED) is 0.568. The predicted octanol–water partition coefficient (Wildman–Crippen LogP) is 3.19. The topological polar surface area (TPSA) is 103 Å². The molecule has 0 aliphatic carbocycles. The zero-order chi connectivity index (χ0) is 19.6. The first-order valence-electron chi connectivity index (χ1n) is 7.10. The Morgan fingerprint density at radius 1 is 1.50 bits per heavy atom. The molecule has 0 amide bonds. The Labute approximate surface area is 154 Å². The van der Waals surface area contributed by atoms with E-state index < -0.39 is 23.8 Å². The number of nitrogens with two attached hydrogens (primary N) is 1. The molecule has 0 fully saturated rings. The number of carbonyl (C=O) groups excluding carboxylic acids is 1. The van der Waals surface area contributed by atoms with E-state index in [0.29, 0.717) is 12.4 Å². The third-order valence-corrected chi connectivity index (χ3v) is 4.09. The van der Waals surface area contributed by atoms with Crippen LogP contribution >= 0.6 is 15.9 Å². The lowest BCUT2D eigenvalue weighted by atomic mass is 10.0. The van der Waals surface area contributed by atoms with Crippen LogP contribution in [0.3, 0.4) is 0 Å². The van der Waals surface area contributed by atoms with E-state index >= 15 is 0 Å². The number of hydrogen-bond donors (Lipinski definition) is 2. The van der Waals surface area contributed by atoms with Gasteiger partial charge in [-0.05, 0) is 35.0 Å². The smallest absolute Gasteiger partial charge is 0.419 e. The highest BCUT2D eigenvalue weighted by molar-refractivity contribution is 9.10. The first-order chi connectivity index (χ1) is 12.1. The molecular weight excluding hydrogens is 417 g/mol. The molecule has 136 valence electrons. The van der Waals surface area contributed by atoms with Crippen molar-refractivity contribution >= 4 is 27.9 Å². The van der Waals surface area contributed by atoms with Crippen molar-refractivity contribution in [2.45, 2.75) is 19.4 Å². The Hall–Kier alpha value is -2.64. The Kier molecular flexibility index (Phi) is 5.53. The number of phenolic OH excluding ortho intramolecular Hbond substituents is 1. The molecule has 1 unspecified atom stereocenters. The van der Waals surface area contributed by atoms with Gasteiger partial charge in [0.25, 0.3) is 0 Å². The fourth-order valence-electron chi connectivity index (χ4n) is 2.21. The molecule has 6 nitrogen and oxygen atoms in total. The van der Waals surface area contributed by atoms with E-state index in [0.717, 1.165) is 11.0 Å².